The Kier molecular flexibility index (Phi) is 2.93. The molecular formula is C17H13ClN2O. The van der Waals surface area contributed by atoms with E-state index in [2.05, 4.69) is 10.3 Å². The zero-order valence-electron chi connectivity index (χ0n) is 11.3. The Balaban J connectivity index is 1.94. The summed E-state index contributed by atoms with van der Waals surface area (Å²) in [5.74, 6) is 1.65. The summed E-state index contributed by atoms with van der Waals surface area (Å²) in [7, 11) is 0. The Hall–Kier alpha value is -2.26. The van der Waals surface area contributed by atoms with Crippen LogP contribution < -0.4 is 5.32 Å². The van der Waals surface area contributed by atoms with Crippen LogP contribution in [-0.4, -0.2) is 18.9 Å². The summed E-state index contributed by atoms with van der Waals surface area (Å²) >= 11 is 6.43. The molecule has 3 nitrogen and oxygen atoms in total. The first-order valence-electron chi connectivity index (χ1n) is 6.89. The summed E-state index contributed by atoms with van der Waals surface area (Å²) in [6.45, 7) is 1.66. The van der Waals surface area contributed by atoms with Gasteiger partial charge in [0.1, 0.15) is 17.2 Å². The van der Waals surface area contributed by atoms with Gasteiger partial charge in [0.25, 0.3) is 0 Å². The van der Waals surface area contributed by atoms with Gasteiger partial charge in [-0.1, -0.05) is 41.9 Å². The second-order valence-corrected chi connectivity index (χ2v) is 5.38. The Morgan fingerprint density at radius 2 is 2.00 bits per heavy atom. The highest BCUT2D eigenvalue weighted by Crippen LogP contribution is 2.35. The molecule has 0 bridgehead atoms. The van der Waals surface area contributed by atoms with Crippen LogP contribution in [0, 0.1) is 0 Å². The number of para-hydroxylation sites is 1. The molecule has 0 atom stereocenters. The second kappa shape index (κ2) is 4.93. The lowest BCUT2D eigenvalue weighted by Crippen LogP contribution is -2.20. The molecule has 3 aromatic rings. The van der Waals surface area contributed by atoms with Crippen molar-refractivity contribution in [2.24, 2.45) is 4.99 Å². The number of hydrogen-bond acceptors (Lipinski definition) is 3. The normalized spacial score (nSPS) is 14.2. The van der Waals surface area contributed by atoms with Gasteiger partial charge in [-0.05, 0) is 18.2 Å². The highest BCUT2D eigenvalue weighted by molar-refractivity contribution is 6.34. The minimum atomic E-state index is 0.669. The van der Waals surface area contributed by atoms with Crippen LogP contribution in [0.3, 0.4) is 0 Å². The van der Waals surface area contributed by atoms with E-state index in [4.69, 9.17) is 16.0 Å². The van der Waals surface area contributed by atoms with Crippen molar-refractivity contribution in [2.75, 3.05) is 13.1 Å². The molecule has 0 saturated heterocycles. The highest BCUT2D eigenvalue weighted by atomic mass is 35.5. The molecule has 0 amide bonds. The fourth-order valence-corrected chi connectivity index (χ4v) is 2.92. The smallest absolute Gasteiger partial charge is 0.137 e. The summed E-state index contributed by atoms with van der Waals surface area (Å²) in [6.07, 6.45) is 0. The minimum Gasteiger partial charge on any atom is -0.456 e. The number of nitrogens with one attached hydrogen (secondary N) is 1. The van der Waals surface area contributed by atoms with E-state index < -0.39 is 0 Å². The SMILES string of the molecule is Clc1cccc(C2=NCCN2)c1-c1cc2ccccc2o1. The Morgan fingerprint density at radius 1 is 1.10 bits per heavy atom. The summed E-state index contributed by atoms with van der Waals surface area (Å²) in [5.41, 5.74) is 2.74. The van der Waals surface area contributed by atoms with Gasteiger partial charge in [-0.3, -0.25) is 4.99 Å². The van der Waals surface area contributed by atoms with Gasteiger partial charge in [0.2, 0.25) is 0 Å². The monoisotopic (exact) mass is 296 g/mol. The lowest BCUT2D eigenvalue weighted by Gasteiger charge is -2.09. The van der Waals surface area contributed by atoms with E-state index in [1.54, 1.807) is 0 Å². The van der Waals surface area contributed by atoms with Crippen LogP contribution in [0.25, 0.3) is 22.3 Å². The molecular weight excluding hydrogens is 284 g/mol. The number of halogens is 1. The maximum Gasteiger partial charge on any atom is 0.137 e. The van der Waals surface area contributed by atoms with Crippen LogP contribution in [0.1, 0.15) is 5.56 Å². The zero-order chi connectivity index (χ0) is 14.2. The molecule has 0 spiro atoms. The van der Waals surface area contributed by atoms with Crippen molar-refractivity contribution in [3.8, 4) is 11.3 Å². The molecule has 0 saturated carbocycles. The van der Waals surface area contributed by atoms with Gasteiger partial charge in [-0.15, -0.1) is 0 Å². The predicted molar refractivity (Wildman–Crippen MR) is 86.1 cm³/mol. The highest BCUT2D eigenvalue weighted by Gasteiger charge is 2.19. The third-order valence-corrected chi connectivity index (χ3v) is 3.93. The molecule has 1 aromatic heterocycles. The average molecular weight is 297 g/mol. The molecule has 0 radical (unpaired) electrons. The topological polar surface area (TPSA) is 37.5 Å². The Morgan fingerprint density at radius 3 is 2.81 bits per heavy atom. The lowest BCUT2D eigenvalue weighted by molar-refractivity contribution is 0.631. The van der Waals surface area contributed by atoms with Crippen molar-refractivity contribution in [2.45, 2.75) is 0 Å². The van der Waals surface area contributed by atoms with Crippen molar-refractivity contribution in [1.29, 1.82) is 0 Å². The molecule has 1 N–H and O–H groups in total. The third-order valence-electron chi connectivity index (χ3n) is 3.61. The van der Waals surface area contributed by atoms with Crippen LogP contribution in [0.15, 0.2) is 57.9 Å². The molecule has 2 heterocycles. The van der Waals surface area contributed by atoms with Crippen molar-refractivity contribution in [1.82, 2.24) is 5.32 Å². The number of hydrogen-bond donors (Lipinski definition) is 1. The summed E-state index contributed by atoms with van der Waals surface area (Å²) < 4.78 is 5.97. The van der Waals surface area contributed by atoms with E-state index in [-0.39, 0.29) is 0 Å². The summed E-state index contributed by atoms with van der Waals surface area (Å²) in [4.78, 5) is 4.49. The number of furan rings is 1. The number of rotatable bonds is 2. The molecule has 1 aliphatic rings. The quantitative estimate of drug-likeness (QED) is 0.773. The molecule has 0 unspecified atom stereocenters. The standard InChI is InChI=1S/C17H13ClN2O/c18-13-6-3-5-12(17-19-8-9-20-17)16(13)15-10-11-4-1-2-7-14(11)21-15/h1-7,10H,8-9H2,(H,19,20). The maximum absolute atomic E-state index is 6.43. The van der Waals surface area contributed by atoms with Gasteiger partial charge < -0.3 is 9.73 Å². The van der Waals surface area contributed by atoms with Gasteiger partial charge in [0, 0.05) is 23.1 Å². The summed E-state index contributed by atoms with van der Waals surface area (Å²) in [6, 6.07) is 15.8. The lowest BCUT2D eigenvalue weighted by atomic mass is 10.0. The van der Waals surface area contributed by atoms with E-state index in [1.807, 2.05) is 48.5 Å². The van der Waals surface area contributed by atoms with Gasteiger partial charge in [-0.25, -0.2) is 0 Å². The van der Waals surface area contributed by atoms with E-state index >= 15 is 0 Å². The van der Waals surface area contributed by atoms with Crippen LogP contribution in [0.5, 0.6) is 0 Å². The first-order valence-corrected chi connectivity index (χ1v) is 7.27. The minimum absolute atomic E-state index is 0.669. The van der Waals surface area contributed by atoms with Crippen LogP contribution >= 0.6 is 11.6 Å². The predicted octanol–water partition coefficient (Wildman–Crippen LogP) is 4.10. The van der Waals surface area contributed by atoms with Crippen molar-refractivity contribution in [3.05, 3.63) is 59.1 Å². The number of aliphatic imine (C=N–C) groups is 1. The van der Waals surface area contributed by atoms with Gasteiger partial charge >= 0.3 is 0 Å². The fourth-order valence-electron chi connectivity index (χ4n) is 2.66. The zero-order valence-corrected chi connectivity index (χ0v) is 12.0. The van der Waals surface area contributed by atoms with Gasteiger partial charge in [0.05, 0.1) is 11.6 Å². The van der Waals surface area contributed by atoms with Crippen molar-refractivity contribution < 1.29 is 4.42 Å². The molecule has 21 heavy (non-hydrogen) atoms. The van der Waals surface area contributed by atoms with E-state index in [9.17, 15) is 0 Å². The maximum atomic E-state index is 6.43. The largest absolute Gasteiger partial charge is 0.456 e. The number of benzene rings is 2. The molecule has 1 aliphatic heterocycles. The second-order valence-electron chi connectivity index (χ2n) is 4.97. The molecule has 0 fully saturated rings. The van der Waals surface area contributed by atoms with E-state index in [0.29, 0.717) is 5.02 Å². The molecule has 2 aromatic carbocycles. The van der Waals surface area contributed by atoms with E-state index in [1.165, 1.54) is 0 Å². The average Bonchev–Trinajstić information content (AvgIpc) is 3.16. The third kappa shape index (κ3) is 2.10. The summed E-state index contributed by atoms with van der Waals surface area (Å²) in [5, 5.41) is 5.03. The van der Waals surface area contributed by atoms with Crippen LogP contribution in [0.2, 0.25) is 5.02 Å². The first-order chi connectivity index (χ1) is 10.3. The van der Waals surface area contributed by atoms with Gasteiger partial charge in [-0.2, -0.15) is 0 Å². The molecule has 0 aliphatic carbocycles. The first kappa shape index (κ1) is 12.5. The number of nitrogens with zero attached hydrogens (tertiary/aromatic N) is 1. The molecule has 4 rings (SSSR count). The van der Waals surface area contributed by atoms with Crippen molar-refractivity contribution >= 4 is 28.4 Å². The number of amidine groups is 1. The number of fused-ring (bicyclic) bond motifs is 1. The Labute approximate surface area is 127 Å². The van der Waals surface area contributed by atoms with Crippen LogP contribution in [-0.2, 0) is 0 Å². The molecule has 104 valence electrons. The van der Waals surface area contributed by atoms with Crippen molar-refractivity contribution in [3.63, 3.8) is 0 Å². The Bertz CT molecular complexity index is 818. The van der Waals surface area contributed by atoms with Gasteiger partial charge in [0.15, 0.2) is 0 Å². The van der Waals surface area contributed by atoms with E-state index in [0.717, 1.165) is 46.8 Å². The molecule has 4 heteroatoms. The fraction of sp³-hybridized carbons (Fsp3) is 0.118. The van der Waals surface area contributed by atoms with Crippen LogP contribution in [0.4, 0.5) is 0 Å².